The minimum Gasteiger partial charge on any atom is -0.480 e. The van der Waals surface area contributed by atoms with Gasteiger partial charge in [-0.25, -0.2) is 0 Å². The molecule has 0 aliphatic rings. The van der Waals surface area contributed by atoms with Crippen molar-refractivity contribution < 1.29 is 14.7 Å². The lowest BCUT2D eigenvalue weighted by molar-refractivity contribution is -0.135. The van der Waals surface area contributed by atoms with Crippen LogP contribution in [0.4, 0.5) is 0 Å². The maximum absolute atomic E-state index is 11.8. The number of carbonyl (C=O) groups is 2. The molecule has 4 nitrogen and oxygen atoms in total. The van der Waals surface area contributed by atoms with E-state index in [2.05, 4.69) is 17.9 Å². The fraction of sp³-hybridized carbons (Fsp3) is 0.231. The highest BCUT2D eigenvalue weighted by atomic mass is 32.1. The number of hydrogen-bond acceptors (Lipinski definition) is 3. The van der Waals surface area contributed by atoms with Crippen LogP contribution in [0.2, 0.25) is 0 Å². The summed E-state index contributed by atoms with van der Waals surface area (Å²) in [6, 6.07) is 7.04. The summed E-state index contributed by atoms with van der Waals surface area (Å²) in [5, 5.41) is 10.9. The van der Waals surface area contributed by atoms with Crippen LogP contribution < -0.4 is 5.32 Å². The molecule has 0 aliphatic carbocycles. The summed E-state index contributed by atoms with van der Waals surface area (Å²) in [4.78, 5) is 22.2. The van der Waals surface area contributed by atoms with Gasteiger partial charge in [0.1, 0.15) is 6.54 Å². The molecule has 0 saturated heterocycles. The quantitative estimate of drug-likeness (QED) is 0.687. The van der Waals surface area contributed by atoms with Crippen molar-refractivity contribution in [3.63, 3.8) is 0 Å². The Kier molecular flexibility index (Phi) is 6.00. The van der Waals surface area contributed by atoms with E-state index in [0.717, 1.165) is 17.7 Å². The number of nitrogens with one attached hydrogen (secondary N) is 1. The van der Waals surface area contributed by atoms with Crippen LogP contribution in [0, 0.1) is 0 Å². The van der Waals surface area contributed by atoms with Gasteiger partial charge in [-0.05, 0) is 23.8 Å². The molecule has 0 heterocycles. The lowest BCUT2D eigenvalue weighted by atomic mass is 10.1. The first-order valence-corrected chi connectivity index (χ1v) is 6.15. The zero-order valence-electron chi connectivity index (χ0n) is 9.80. The van der Waals surface area contributed by atoms with E-state index in [-0.39, 0.29) is 12.5 Å². The third-order valence-corrected chi connectivity index (χ3v) is 2.46. The summed E-state index contributed by atoms with van der Waals surface area (Å²) in [7, 11) is 0. The molecule has 0 unspecified atom stereocenters. The average molecular weight is 265 g/mol. The van der Waals surface area contributed by atoms with Crippen molar-refractivity contribution in [2.45, 2.75) is 6.42 Å². The van der Waals surface area contributed by atoms with Crippen molar-refractivity contribution in [3.8, 4) is 0 Å². The highest BCUT2D eigenvalue weighted by Crippen LogP contribution is 2.11. The van der Waals surface area contributed by atoms with Crippen LogP contribution in [0.3, 0.4) is 0 Å². The molecule has 5 heteroatoms. The Bertz CT molecular complexity index is 457. The molecule has 1 aromatic rings. The van der Waals surface area contributed by atoms with Crippen LogP contribution in [0.1, 0.15) is 22.3 Å². The average Bonchev–Trinajstić information content (AvgIpc) is 2.37. The number of hydrogen-bond donors (Lipinski definition) is 3. The predicted molar refractivity (Wildman–Crippen MR) is 73.9 cm³/mol. The molecule has 1 aromatic carbocycles. The van der Waals surface area contributed by atoms with Crippen LogP contribution in [0.25, 0.3) is 6.08 Å². The number of carbonyl (C=O) groups excluding carboxylic acids is 1. The molecule has 1 amide bonds. The molecule has 0 radical (unpaired) electrons. The van der Waals surface area contributed by atoms with Crippen molar-refractivity contribution in [2.24, 2.45) is 0 Å². The molecule has 2 N–H and O–H groups in total. The standard InChI is InChI=1S/C13H15NO3S/c15-12(16)9-14-13(17)11-7-2-1-5-10(11)6-3-4-8-18/h1-3,5-7,18H,4,8-9H2,(H,14,17)(H,15,16). The van der Waals surface area contributed by atoms with Crippen molar-refractivity contribution in [3.05, 3.63) is 41.5 Å². The van der Waals surface area contributed by atoms with Crippen LogP contribution in [0.15, 0.2) is 30.3 Å². The fourth-order valence-electron chi connectivity index (χ4n) is 1.39. The van der Waals surface area contributed by atoms with Gasteiger partial charge in [-0.2, -0.15) is 12.6 Å². The summed E-state index contributed by atoms with van der Waals surface area (Å²) < 4.78 is 0. The zero-order chi connectivity index (χ0) is 13.4. The van der Waals surface area contributed by atoms with E-state index in [0.29, 0.717) is 5.56 Å². The minimum atomic E-state index is -1.06. The number of benzene rings is 1. The molecule has 1 rings (SSSR count). The maximum atomic E-state index is 11.8. The second-order valence-electron chi connectivity index (χ2n) is 3.58. The molecule has 0 bridgehead atoms. The molecular weight excluding hydrogens is 250 g/mol. The summed E-state index contributed by atoms with van der Waals surface area (Å²) in [6.07, 6.45) is 4.58. The molecule has 0 fully saturated rings. The number of rotatable bonds is 6. The molecule has 96 valence electrons. The predicted octanol–water partition coefficient (Wildman–Crippen LogP) is 1.83. The molecule has 0 atom stereocenters. The largest absolute Gasteiger partial charge is 0.480 e. The van der Waals surface area contributed by atoms with E-state index in [1.807, 2.05) is 24.3 Å². The summed E-state index contributed by atoms with van der Waals surface area (Å²) in [5.74, 6) is -0.709. The van der Waals surface area contributed by atoms with E-state index in [4.69, 9.17) is 5.11 Å². The van der Waals surface area contributed by atoms with E-state index in [9.17, 15) is 9.59 Å². The summed E-state index contributed by atoms with van der Waals surface area (Å²) >= 11 is 4.09. The summed E-state index contributed by atoms with van der Waals surface area (Å²) in [6.45, 7) is -0.381. The Morgan fingerprint density at radius 1 is 1.33 bits per heavy atom. The number of allylic oxidation sites excluding steroid dienone is 1. The van der Waals surface area contributed by atoms with Gasteiger partial charge in [-0.15, -0.1) is 0 Å². The van der Waals surface area contributed by atoms with Gasteiger partial charge in [0.15, 0.2) is 0 Å². The van der Waals surface area contributed by atoms with Crippen molar-refractivity contribution in [1.29, 1.82) is 0 Å². The smallest absolute Gasteiger partial charge is 0.322 e. The van der Waals surface area contributed by atoms with Gasteiger partial charge in [-0.3, -0.25) is 9.59 Å². The zero-order valence-corrected chi connectivity index (χ0v) is 10.7. The third-order valence-electron chi connectivity index (χ3n) is 2.20. The first kappa shape index (κ1) is 14.3. The molecule has 0 saturated carbocycles. The molecular formula is C13H15NO3S. The highest BCUT2D eigenvalue weighted by molar-refractivity contribution is 7.80. The van der Waals surface area contributed by atoms with E-state index in [1.165, 1.54) is 0 Å². The molecule has 0 aliphatic heterocycles. The van der Waals surface area contributed by atoms with Crippen molar-refractivity contribution in [1.82, 2.24) is 5.32 Å². The van der Waals surface area contributed by atoms with Gasteiger partial charge in [0.25, 0.3) is 5.91 Å². The Balaban J connectivity index is 2.80. The second-order valence-corrected chi connectivity index (χ2v) is 4.03. The second kappa shape index (κ2) is 7.55. The topological polar surface area (TPSA) is 66.4 Å². The first-order valence-electron chi connectivity index (χ1n) is 5.51. The highest BCUT2D eigenvalue weighted by Gasteiger charge is 2.09. The monoisotopic (exact) mass is 265 g/mol. The fourth-order valence-corrected chi connectivity index (χ4v) is 1.53. The van der Waals surface area contributed by atoms with Gasteiger partial charge < -0.3 is 10.4 Å². The van der Waals surface area contributed by atoms with Crippen molar-refractivity contribution in [2.75, 3.05) is 12.3 Å². The normalized spacial score (nSPS) is 10.5. The van der Waals surface area contributed by atoms with Crippen LogP contribution in [-0.4, -0.2) is 29.3 Å². The van der Waals surface area contributed by atoms with Gasteiger partial charge in [-0.1, -0.05) is 30.4 Å². The Hall–Kier alpha value is -1.75. The van der Waals surface area contributed by atoms with Gasteiger partial charge in [0.05, 0.1) is 0 Å². The Labute approximate surface area is 111 Å². The first-order chi connectivity index (χ1) is 8.65. The number of aliphatic carboxylic acids is 1. The van der Waals surface area contributed by atoms with Crippen LogP contribution >= 0.6 is 12.6 Å². The molecule has 18 heavy (non-hydrogen) atoms. The Morgan fingerprint density at radius 3 is 2.72 bits per heavy atom. The minimum absolute atomic E-state index is 0.381. The summed E-state index contributed by atoms with van der Waals surface area (Å²) in [5.41, 5.74) is 1.23. The van der Waals surface area contributed by atoms with Gasteiger partial charge in [0.2, 0.25) is 0 Å². The van der Waals surface area contributed by atoms with E-state index >= 15 is 0 Å². The van der Waals surface area contributed by atoms with Crippen molar-refractivity contribution >= 4 is 30.6 Å². The van der Waals surface area contributed by atoms with Gasteiger partial charge in [0, 0.05) is 5.56 Å². The number of amides is 1. The van der Waals surface area contributed by atoms with E-state index < -0.39 is 5.97 Å². The third kappa shape index (κ3) is 4.63. The molecule has 0 aromatic heterocycles. The Morgan fingerprint density at radius 2 is 2.06 bits per heavy atom. The SMILES string of the molecule is O=C(O)CNC(=O)c1ccccc1C=CCCS. The van der Waals surface area contributed by atoms with Gasteiger partial charge >= 0.3 is 5.97 Å². The molecule has 0 spiro atoms. The number of carboxylic acid groups (broad SMARTS) is 1. The van der Waals surface area contributed by atoms with E-state index in [1.54, 1.807) is 12.1 Å². The number of carboxylic acids is 1. The van der Waals surface area contributed by atoms with Crippen LogP contribution in [-0.2, 0) is 4.79 Å². The lowest BCUT2D eigenvalue weighted by Crippen LogP contribution is -2.29. The maximum Gasteiger partial charge on any atom is 0.322 e. The number of thiol groups is 1. The lowest BCUT2D eigenvalue weighted by Gasteiger charge is -2.05. The van der Waals surface area contributed by atoms with Crippen LogP contribution in [0.5, 0.6) is 0 Å².